The topological polar surface area (TPSA) is 63.4 Å². The van der Waals surface area contributed by atoms with Gasteiger partial charge in [0, 0.05) is 11.6 Å². The Hall–Kier alpha value is -1.58. The van der Waals surface area contributed by atoms with Crippen molar-refractivity contribution >= 4 is 5.69 Å². The van der Waals surface area contributed by atoms with E-state index in [-0.39, 0.29) is 11.4 Å². The number of aromatic hydroxyl groups is 1. The monoisotopic (exact) mass is 195 g/mol. The van der Waals surface area contributed by atoms with Crippen LogP contribution in [-0.4, -0.2) is 10.0 Å². The molecule has 0 aliphatic rings. The van der Waals surface area contributed by atoms with E-state index < -0.39 is 4.92 Å². The molecule has 4 nitrogen and oxygen atoms in total. The fourth-order valence-electron chi connectivity index (χ4n) is 1.29. The van der Waals surface area contributed by atoms with Gasteiger partial charge in [0.25, 0.3) is 0 Å². The van der Waals surface area contributed by atoms with Gasteiger partial charge in [0.2, 0.25) is 0 Å². The van der Waals surface area contributed by atoms with Crippen LogP contribution in [0.1, 0.15) is 25.3 Å². The van der Waals surface area contributed by atoms with E-state index in [9.17, 15) is 15.2 Å². The van der Waals surface area contributed by atoms with Crippen molar-refractivity contribution in [2.24, 2.45) is 0 Å². The average Bonchev–Trinajstić information content (AvgIpc) is 2.16. The number of hydrogen-bond acceptors (Lipinski definition) is 3. The summed E-state index contributed by atoms with van der Waals surface area (Å²) in [7, 11) is 0. The molecule has 14 heavy (non-hydrogen) atoms. The lowest BCUT2D eigenvalue weighted by molar-refractivity contribution is -0.385. The second kappa shape index (κ2) is 4.60. The summed E-state index contributed by atoms with van der Waals surface area (Å²) in [4.78, 5) is 9.93. The van der Waals surface area contributed by atoms with E-state index in [1.54, 1.807) is 12.1 Å². The number of aryl methyl sites for hydroxylation is 1. The summed E-state index contributed by atoms with van der Waals surface area (Å²) in [6.45, 7) is 2.04. The van der Waals surface area contributed by atoms with Gasteiger partial charge in [0.15, 0.2) is 5.75 Å². The molecule has 0 amide bonds. The van der Waals surface area contributed by atoms with Crippen molar-refractivity contribution in [1.82, 2.24) is 0 Å². The normalized spacial score (nSPS) is 10.1. The first kappa shape index (κ1) is 10.5. The molecule has 1 aromatic carbocycles. The number of phenols is 1. The highest BCUT2D eigenvalue weighted by Crippen LogP contribution is 2.30. The molecule has 0 aliphatic heterocycles. The molecule has 0 radical (unpaired) electrons. The second-order valence-electron chi connectivity index (χ2n) is 3.15. The standard InChI is InChI=1S/C10H13NO3/c1-2-3-5-8-6-4-7-9(10(8)12)11(13)14/h4,6-7,12H,2-3,5H2,1H3. The quantitative estimate of drug-likeness (QED) is 0.593. The first-order valence-electron chi connectivity index (χ1n) is 4.62. The number of hydrogen-bond donors (Lipinski definition) is 1. The number of rotatable bonds is 4. The largest absolute Gasteiger partial charge is 0.502 e. The third-order valence-corrected chi connectivity index (χ3v) is 2.09. The summed E-state index contributed by atoms with van der Waals surface area (Å²) in [6, 6.07) is 4.63. The molecule has 0 saturated heterocycles. The van der Waals surface area contributed by atoms with E-state index in [0.29, 0.717) is 12.0 Å². The van der Waals surface area contributed by atoms with E-state index in [2.05, 4.69) is 0 Å². The number of phenolic OH excluding ortho intramolecular Hbond substituents is 1. The smallest absolute Gasteiger partial charge is 0.310 e. The third kappa shape index (κ3) is 2.22. The predicted molar refractivity (Wildman–Crippen MR) is 53.4 cm³/mol. The van der Waals surface area contributed by atoms with Crippen molar-refractivity contribution in [3.8, 4) is 5.75 Å². The molecule has 1 aromatic rings. The maximum atomic E-state index is 10.5. The van der Waals surface area contributed by atoms with Gasteiger partial charge in [0.1, 0.15) is 0 Å². The maximum absolute atomic E-state index is 10.5. The lowest BCUT2D eigenvalue weighted by Gasteiger charge is -2.03. The van der Waals surface area contributed by atoms with Crippen LogP contribution in [-0.2, 0) is 6.42 Å². The van der Waals surface area contributed by atoms with E-state index in [1.165, 1.54) is 6.07 Å². The number of nitro groups is 1. The summed E-state index contributed by atoms with van der Waals surface area (Å²) in [5, 5.41) is 20.0. The fourth-order valence-corrected chi connectivity index (χ4v) is 1.29. The maximum Gasteiger partial charge on any atom is 0.310 e. The molecule has 0 atom stereocenters. The second-order valence-corrected chi connectivity index (χ2v) is 3.15. The predicted octanol–water partition coefficient (Wildman–Crippen LogP) is 2.64. The molecule has 0 saturated carbocycles. The molecule has 0 heterocycles. The number of nitrogens with zero attached hydrogens (tertiary/aromatic N) is 1. The molecule has 0 fully saturated rings. The molecule has 0 aromatic heterocycles. The van der Waals surface area contributed by atoms with E-state index >= 15 is 0 Å². The van der Waals surface area contributed by atoms with Gasteiger partial charge >= 0.3 is 5.69 Å². The van der Waals surface area contributed by atoms with Crippen LogP contribution in [0, 0.1) is 10.1 Å². The van der Waals surface area contributed by atoms with Crippen LogP contribution in [0.2, 0.25) is 0 Å². The van der Waals surface area contributed by atoms with Crippen molar-refractivity contribution in [3.63, 3.8) is 0 Å². The van der Waals surface area contributed by atoms with Crippen molar-refractivity contribution in [2.45, 2.75) is 26.2 Å². The molecule has 0 bridgehead atoms. The van der Waals surface area contributed by atoms with Gasteiger partial charge in [-0.15, -0.1) is 0 Å². The van der Waals surface area contributed by atoms with Crippen LogP contribution in [0.5, 0.6) is 5.75 Å². The Labute approximate surface area is 82.3 Å². The fraction of sp³-hybridized carbons (Fsp3) is 0.400. The van der Waals surface area contributed by atoms with Crippen molar-refractivity contribution in [3.05, 3.63) is 33.9 Å². The zero-order chi connectivity index (χ0) is 10.6. The number of nitro benzene ring substituents is 1. The summed E-state index contributed by atoms with van der Waals surface area (Å²) < 4.78 is 0. The Morgan fingerprint density at radius 3 is 2.79 bits per heavy atom. The van der Waals surface area contributed by atoms with Gasteiger partial charge in [-0.3, -0.25) is 10.1 Å². The Morgan fingerprint density at radius 1 is 1.50 bits per heavy atom. The van der Waals surface area contributed by atoms with Gasteiger partial charge < -0.3 is 5.11 Å². The van der Waals surface area contributed by atoms with Gasteiger partial charge in [-0.1, -0.05) is 25.5 Å². The minimum Gasteiger partial charge on any atom is -0.502 e. The highest BCUT2D eigenvalue weighted by atomic mass is 16.6. The first-order chi connectivity index (χ1) is 6.66. The molecular formula is C10H13NO3. The summed E-state index contributed by atoms with van der Waals surface area (Å²) in [5.41, 5.74) is 0.444. The van der Waals surface area contributed by atoms with Gasteiger partial charge in [-0.2, -0.15) is 0 Å². The Balaban J connectivity index is 2.95. The van der Waals surface area contributed by atoms with Crippen LogP contribution >= 0.6 is 0 Å². The van der Waals surface area contributed by atoms with E-state index in [1.807, 2.05) is 6.92 Å². The highest BCUT2D eigenvalue weighted by Gasteiger charge is 2.15. The van der Waals surface area contributed by atoms with Gasteiger partial charge in [-0.05, 0) is 12.8 Å². The van der Waals surface area contributed by atoms with Crippen molar-refractivity contribution in [1.29, 1.82) is 0 Å². The summed E-state index contributed by atoms with van der Waals surface area (Å²) in [6.07, 6.45) is 2.61. The molecule has 1 N–H and O–H groups in total. The lowest BCUT2D eigenvalue weighted by Crippen LogP contribution is -1.92. The minimum atomic E-state index is -0.565. The van der Waals surface area contributed by atoms with Crippen LogP contribution in [0.15, 0.2) is 18.2 Å². The molecule has 0 unspecified atom stereocenters. The Kier molecular flexibility index (Phi) is 3.45. The molecule has 4 heteroatoms. The minimum absolute atomic E-state index is 0.189. The Morgan fingerprint density at radius 2 is 2.21 bits per heavy atom. The molecule has 0 spiro atoms. The summed E-state index contributed by atoms with van der Waals surface area (Å²) in [5.74, 6) is -0.189. The van der Waals surface area contributed by atoms with E-state index in [0.717, 1.165) is 12.8 Å². The van der Waals surface area contributed by atoms with Gasteiger partial charge in [-0.25, -0.2) is 0 Å². The highest BCUT2D eigenvalue weighted by molar-refractivity contribution is 5.50. The number of benzene rings is 1. The van der Waals surface area contributed by atoms with Crippen LogP contribution in [0.25, 0.3) is 0 Å². The molecule has 76 valence electrons. The molecular weight excluding hydrogens is 182 g/mol. The van der Waals surface area contributed by atoms with Gasteiger partial charge in [0.05, 0.1) is 4.92 Å². The third-order valence-electron chi connectivity index (χ3n) is 2.09. The van der Waals surface area contributed by atoms with Crippen molar-refractivity contribution in [2.75, 3.05) is 0 Å². The SMILES string of the molecule is CCCCc1cccc([N+](=O)[O-])c1O. The summed E-state index contributed by atoms with van der Waals surface area (Å²) >= 11 is 0. The zero-order valence-corrected chi connectivity index (χ0v) is 8.06. The van der Waals surface area contributed by atoms with E-state index in [4.69, 9.17) is 0 Å². The number of para-hydroxylation sites is 1. The molecule has 0 aliphatic carbocycles. The van der Waals surface area contributed by atoms with Crippen LogP contribution < -0.4 is 0 Å². The number of unbranched alkanes of at least 4 members (excludes halogenated alkanes) is 1. The molecule has 1 rings (SSSR count). The van der Waals surface area contributed by atoms with Crippen LogP contribution in [0.3, 0.4) is 0 Å². The zero-order valence-electron chi connectivity index (χ0n) is 8.06. The Bertz CT molecular complexity index is 336. The van der Waals surface area contributed by atoms with Crippen LogP contribution in [0.4, 0.5) is 5.69 Å². The first-order valence-corrected chi connectivity index (χ1v) is 4.62. The average molecular weight is 195 g/mol. The van der Waals surface area contributed by atoms with Crippen molar-refractivity contribution < 1.29 is 10.0 Å². The lowest BCUT2D eigenvalue weighted by atomic mass is 10.1.